The number of anilines is 1. The van der Waals surface area contributed by atoms with E-state index in [0.717, 1.165) is 28.6 Å². The Balaban J connectivity index is 1.68. The summed E-state index contributed by atoms with van der Waals surface area (Å²) in [6.07, 6.45) is 4.27. The molecule has 3 aromatic carbocycles. The number of hydrogen-bond donors (Lipinski definition) is 0. The maximum atomic E-state index is 11.1. The number of nitro benzene ring substituents is 1. The molecule has 5 heteroatoms. The van der Waals surface area contributed by atoms with Crippen LogP contribution in [-0.4, -0.2) is 17.2 Å². The first-order chi connectivity index (χ1) is 13.9. The first-order valence-corrected chi connectivity index (χ1v) is 9.85. The lowest BCUT2D eigenvalue weighted by molar-refractivity contribution is -0.384. The molecule has 2 aliphatic heterocycles. The summed E-state index contributed by atoms with van der Waals surface area (Å²) >= 11 is 0. The van der Waals surface area contributed by atoms with E-state index in [1.165, 1.54) is 11.3 Å². The Bertz CT molecular complexity index is 1200. The van der Waals surface area contributed by atoms with E-state index in [4.69, 9.17) is 4.74 Å². The number of nitro groups is 1. The van der Waals surface area contributed by atoms with Gasteiger partial charge in [0.2, 0.25) is 5.72 Å². The number of fused-ring (bicyclic) bond motifs is 4. The molecule has 5 rings (SSSR count). The zero-order chi connectivity index (χ0) is 20.4. The average Bonchev–Trinajstić information content (AvgIpc) is 2.90. The van der Waals surface area contributed by atoms with Crippen LogP contribution >= 0.6 is 0 Å². The number of non-ortho nitro benzene ring substituents is 1. The third-order valence-electron chi connectivity index (χ3n) is 6.44. The molecule has 0 aliphatic carbocycles. The monoisotopic (exact) mass is 386 g/mol. The van der Waals surface area contributed by atoms with Crippen LogP contribution in [0.2, 0.25) is 0 Å². The van der Waals surface area contributed by atoms with Crippen molar-refractivity contribution in [1.29, 1.82) is 0 Å². The van der Waals surface area contributed by atoms with Crippen molar-refractivity contribution in [1.82, 2.24) is 0 Å². The Morgan fingerprint density at radius 1 is 1.10 bits per heavy atom. The molecule has 3 aromatic rings. The van der Waals surface area contributed by atoms with Crippen molar-refractivity contribution in [2.45, 2.75) is 31.9 Å². The van der Waals surface area contributed by atoms with Crippen molar-refractivity contribution in [3.63, 3.8) is 0 Å². The predicted molar refractivity (Wildman–Crippen MR) is 115 cm³/mol. The SMILES string of the molecule is CCN1c2ccccc2C(C)(C)C12C=Cc1c(ccc3cc([N+](=O)[O-])ccc13)O2. The van der Waals surface area contributed by atoms with Gasteiger partial charge < -0.3 is 9.64 Å². The topological polar surface area (TPSA) is 55.6 Å². The summed E-state index contributed by atoms with van der Waals surface area (Å²) in [5, 5.41) is 12.9. The molecule has 1 atom stereocenters. The van der Waals surface area contributed by atoms with Gasteiger partial charge in [-0.1, -0.05) is 24.3 Å². The minimum atomic E-state index is -0.618. The molecule has 0 bridgehead atoms. The Morgan fingerprint density at radius 2 is 1.90 bits per heavy atom. The standard InChI is InChI=1S/C24H22N2O3/c1-4-25-21-8-6-5-7-20(21)23(2,3)24(25)14-13-19-18-11-10-17(26(27)28)15-16(18)9-12-22(19)29-24/h5-15H,4H2,1-3H3. The normalized spacial score (nSPS) is 21.1. The van der Waals surface area contributed by atoms with Gasteiger partial charge in [0, 0.05) is 29.9 Å². The Kier molecular flexibility index (Phi) is 3.57. The number of nitrogens with zero attached hydrogens (tertiary/aromatic N) is 2. The van der Waals surface area contributed by atoms with Crippen molar-refractivity contribution in [2.75, 3.05) is 11.4 Å². The van der Waals surface area contributed by atoms with Gasteiger partial charge in [-0.05, 0) is 67.5 Å². The van der Waals surface area contributed by atoms with Gasteiger partial charge in [0.25, 0.3) is 5.69 Å². The molecular weight excluding hydrogens is 364 g/mol. The molecule has 1 unspecified atom stereocenters. The fraction of sp³-hybridized carbons (Fsp3) is 0.250. The molecule has 0 aromatic heterocycles. The van der Waals surface area contributed by atoms with Gasteiger partial charge in [-0.3, -0.25) is 10.1 Å². The molecule has 0 amide bonds. The Hall–Kier alpha value is -3.34. The maximum Gasteiger partial charge on any atom is 0.270 e. The molecule has 0 radical (unpaired) electrons. The summed E-state index contributed by atoms with van der Waals surface area (Å²) < 4.78 is 6.77. The van der Waals surface area contributed by atoms with Gasteiger partial charge in [0.05, 0.1) is 10.3 Å². The quantitative estimate of drug-likeness (QED) is 0.421. The van der Waals surface area contributed by atoms with E-state index in [0.29, 0.717) is 0 Å². The third kappa shape index (κ3) is 2.21. The molecule has 2 aliphatic rings. The number of benzene rings is 3. The van der Waals surface area contributed by atoms with Crippen LogP contribution in [0, 0.1) is 10.1 Å². The highest BCUT2D eigenvalue weighted by Gasteiger charge is 2.58. The van der Waals surface area contributed by atoms with Crippen LogP contribution in [0.5, 0.6) is 5.75 Å². The summed E-state index contributed by atoms with van der Waals surface area (Å²) in [4.78, 5) is 13.1. The van der Waals surface area contributed by atoms with Crippen LogP contribution < -0.4 is 9.64 Å². The first-order valence-electron chi connectivity index (χ1n) is 9.85. The summed E-state index contributed by atoms with van der Waals surface area (Å²) in [7, 11) is 0. The van der Waals surface area contributed by atoms with Crippen molar-refractivity contribution in [2.24, 2.45) is 0 Å². The van der Waals surface area contributed by atoms with Gasteiger partial charge in [0.15, 0.2) is 0 Å². The van der Waals surface area contributed by atoms with Crippen LogP contribution in [0.15, 0.2) is 60.7 Å². The summed E-state index contributed by atoms with van der Waals surface area (Å²) in [6, 6.07) is 17.3. The average molecular weight is 386 g/mol. The lowest BCUT2D eigenvalue weighted by atomic mass is 9.76. The van der Waals surface area contributed by atoms with E-state index in [9.17, 15) is 10.1 Å². The zero-order valence-electron chi connectivity index (χ0n) is 16.7. The second-order valence-corrected chi connectivity index (χ2v) is 8.16. The number of rotatable bonds is 2. The number of hydrogen-bond acceptors (Lipinski definition) is 4. The minimum absolute atomic E-state index is 0.0964. The molecule has 2 heterocycles. The van der Waals surface area contributed by atoms with E-state index in [1.807, 2.05) is 18.2 Å². The Labute approximate surface area is 169 Å². The van der Waals surface area contributed by atoms with Gasteiger partial charge in [0.1, 0.15) is 5.75 Å². The zero-order valence-corrected chi connectivity index (χ0v) is 16.7. The van der Waals surface area contributed by atoms with Crippen LogP contribution in [-0.2, 0) is 5.41 Å². The number of ether oxygens (including phenoxy) is 1. The lowest BCUT2D eigenvalue weighted by Crippen LogP contribution is -2.59. The third-order valence-corrected chi connectivity index (χ3v) is 6.44. The fourth-order valence-electron chi connectivity index (χ4n) is 4.93. The van der Waals surface area contributed by atoms with Crippen LogP contribution in [0.4, 0.5) is 11.4 Å². The molecule has 0 saturated carbocycles. The van der Waals surface area contributed by atoms with Gasteiger partial charge in [-0.2, -0.15) is 0 Å². The number of para-hydroxylation sites is 1. The van der Waals surface area contributed by atoms with Crippen LogP contribution in [0.3, 0.4) is 0 Å². The number of likely N-dealkylation sites (N-methyl/N-ethyl adjacent to an activating group) is 1. The minimum Gasteiger partial charge on any atom is -0.463 e. The molecular formula is C24H22N2O3. The van der Waals surface area contributed by atoms with Crippen molar-refractivity contribution in [3.8, 4) is 5.75 Å². The van der Waals surface area contributed by atoms with E-state index in [-0.39, 0.29) is 16.0 Å². The second-order valence-electron chi connectivity index (χ2n) is 8.16. The van der Waals surface area contributed by atoms with Crippen LogP contribution in [0.25, 0.3) is 16.8 Å². The maximum absolute atomic E-state index is 11.1. The largest absolute Gasteiger partial charge is 0.463 e. The van der Waals surface area contributed by atoms with E-state index in [1.54, 1.807) is 12.1 Å². The second kappa shape index (κ2) is 5.83. The highest BCUT2D eigenvalue weighted by atomic mass is 16.6. The molecule has 146 valence electrons. The molecule has 0 N–H and O–H groups in total. The highest BCUT2D eigenvalue weighted by molar-refractivity contribution is 5.95. The fourth-order valence-corrected chi connectivity index (χ4v) is 4.93. The molecule has 5 nitrogen and oxygen atoms in total. The van der Waals surface area contributed by atoms with E-state index >= 15 is 0 Å². The lowest BCUT2D eigenvalue weighted by Gasteiger charge is -2.47. The molecule has 0 fully saturated rings. The molecule has 1 spiro atoms. The molecule has 29 heavy (non-hydrogen) atoms. The Morgan fingerprint density at radius 3 is 2.66 bits per heavy atom. The highest BCUT2D eigenvalue weighted by Crippen LogP contribution is 2.55. The van der Waals surface area contributed by atoms with Crippen molar-refractivity contribution in [3.05, 3.63) is 81.9 Å². The van der Waals surface area contributed by atoms with Gasteiger partial charge >= 0.3 is 0 Å². The van der Waals surface area contributed by atoms with Gasteiger partial charge in [-0.25, -0.2) is 0 Å². The molecule has 0 saturated heterocycles. The summed E-state index contributed by atoms with van der Waals surface area (Å²) in [5.41, 5.74) is 2.66. The van der Waals surface area contributed by atoms with E-state index < -0.39 is 5.72 Å². The van der Waals surface area contributed by atoms with Crippen molar-refractivity contribution >= 4 is 28.2 Å². The summed E-state index contributed by atoms with van der Waals surface area (Å²) in [5.74, 6) is 0.799. The van der Waals surface area contributed by atoms with Crippen molar-refractivity contribution < 1.29 is 9.66 Å². The first kappa shape index (κ1) is 17.7. The van der Waals surface area contributed by atoms with Crippen LogP contribution in [0.1, 0.15) is 31.9 Å². The van der Waals surface area contributed by atoms with E-state index in [2.05, 4.69) is 62.1 Å². The summed E-state index contributed by atoms with van der Waals surface area (Å²) in [6.45, 7) is 7.41. The van der Waals surface area contributed by atoms with Gasteiger partial charge in [-0.15, -0.1) is 0 Å². The smallest absolute Gasteiger partial charge is 0.270 e. The predicted octanol–water partition coefficient (Wildman–Crippen LogP) is 5.67.